The summed E-state index contributed by atoms with van der Waals surface area (Å²) >= 11 is 1.31. The third kappa shape index (κ3) is 4.32. The second-order valence-electron chi connectivity index (χ2n) is 5.98. The molecular formula is C20H19N3O3S. The lowest BCUT2D eigenvalue weighted by atomic mass is 10.1. The summed E-state index contributed by atoms with van der Waals surface area (Å²) in [7, 11) is 0. The highest BCUT2D eigenvalue weighted by atomic mass is 32.1. The van der Waals surface area contributed by atoms with E-state index in [2.05, 4.69) is 10.3 Å². The van der Waals surface area contributed by atoms with Crippen LogP contribution in [-0.4, -0.2) is 23.0 Å². The van der Waals surface area contributed by atoms with Crippen molar-refractivity contribution in [2.75, 3.05) is 11.1 Å². The zero-order chi connectivity index (χ0) is 19.4. The van der Waals surface area contributed by atoms with Gasteiger partial charge in [-0.2, -0.15) is 0 Å². The smallest absolute Gasteiger partial charge is 0.341 e. The fourth-order valence-corrected chi connectivity index (χ4v) is 3.14. The van der Waals surface area contributed by atoms with E-state index < -0.39 is 18.0 Å². The number of ether oxygens (including phenoxy) is 1. The number of aryl methyl sites for hydroxylation is 1. The molecule has 0 saturated heterocycles. The molecule has 1 atom stereocenters. The first-order valence-corrected chi connectivity index (χ1v) is 9.21. The number of nitrogen functional groups attached to an aromatic ring is 1. The third-order valence-electron chi connectivity index (χ3n) is 4.00. The number of anilines is 2. The van der Waals surface area contributed by atoms with Gasteiger partial charge in [-0.25, -0.2) is 9.78 Å². The molecule has 0 bridgehead atoms. The lowest BCUT2D eigenvalue weighted by Crippen LogP contribution is -2.30. The third-order valence-corrected chi connectivity index (χ3v) is 4.76. The van der Waals surface area contributed by atoms with Crippen LogP contribution in [0, 0.1) is 6.92 Å². The van der Waals surface area contributed by atoms with Crippen molar-refractivity contribution in [1.29, 1.82) is 0 Å². The Morgan fingerprint density at radius 1 is 1.15 bits per heavy atom. The average Bonchev–Trinajstić information content (AvgIpc) is 3.13. The Morgan fingerprint density at radius 3 is 2.63 bits per heavy atom. The Bertz CT molecular complexity index is 970. The summed E-state index contributed by atoms with van der Waals surface area (Å²) in [5.41, 5.74) is 9.01. The first kappa shape index (κ1) is 18.6. The van der Waals surface area contributed by atoms with E-state index in [4.69, 9.17) is 10.5 Å². The number of nitrogens with zero attached hydrogens (tertiary/aromatic N) is 1. The number of hydrogen-bond donors (Lipinski definition) is 2. The number of benzene rings is 2. The Labute approximate surface area is 161 Å². The Hall–Kier alpha value is -3.19. The molecule has 1 aromatic heterocycles. The van der Waals surface area contributed by atoms with Crippen LogP contribution < -0.4 is 11.1 Å². The lowest BCUT2D eigenvalue weighted by Gasteiger charge is -2.14. The van der Waals surface area contributed by atoms with Crippen LogP contribution in [0.15, 0.2) is 53.9 Å². The van der Waals surface area contributed by atoms with Gasteiger partial charge in [0.15, 0.2) is 11.2 Å². The van der Waals surface area contributed by atoms with Gasteiger partial charge in [0.1, 0.15) is 0 Å². The molecule has 2 aromatic carbocycles. The number of nitrogens with two attached hydrogens (primary N) is 1. The van der Waals surface area contributed by atoms with Crippen LogP contribution in [-0.2, 0) is 9.53 Å². The van der Waals surface area contributed by atoms with Gasteiger partial charge in [0.25, 0.3) is 5.91 Å². The van der Waals surface area contributed by atoms with E-state index in [0.717, 1.165) is 16.8 Å². The number of carbonyl (C=O) groups is 2. The fourth-order valence-electron chi connectivity index (χ4n) is 2.42. The monoisotopic (exact) mass is 381 g/mol. The van der Waals surface area contributed by atoms with E-state index in [9.17, 15) is 9.59 Å². The van der Waals surface area contributed by atoms with Crippen molar-refractivity contribution in [1.82, 2.24) is 4.98 Å². The van der Waals surface area contributed by atoms with Gasteiger partial charge in [-0.15, -0.1) is 11.3 Å². The Balaban J connectivity index is 1.63. The van der Waals surface area contributed by atoms with E-state index in [1.54, 1.807) is 25.1 Å². The molecule has 3 N–H and O–H groups in total. The van der Waals surface area contributed by atoms with Crippen LogP contribution in [0.3, 0.4) is 0 Å². The molecule has 0 aliphatic heterocycles. The predicted octanol–water partition coefficient (Wildman–Crippen LogP) is 3.88. The maximum absolute atomic E-state index is 12.3. The van der Waals surface area contributed by atoms with E-state index in [1.165, 1.54) is 18.3 Å². The average molecular weight is 381 g/mol. The molecule has 0 unspecified atom stereocenters. The zero-order valence-electron chi connectivity index (χ0n) is 14.9. The normalized spacial score (nSPS) is 11.6. The number of hydrogen-bond acceptors (Lipinski definition) is 6. The summed E-state index contributed by atoms with van der Waals surface area (Å²) in [6, 6.07) is 14.7. The molecule has 1 amide bonds. The van der Waals surface area contributed by atoms with Crippen molar-refractivity contribution < 1.29 is 14.3 Å². The minimum atomic E-state index is -0.985. The number of para-hydroxylation sites is 1. The van der Waals surface area contributed by atoms with E-state index in [-0.39, 0.29) is 5.56 Å². The number of aromatic nitrogens is 1. The number of carbonyl (C=O) groups excluding carboxylic acids is 2. The first-order chi connectivity index (χ1) is 13.0. The summed E-state index contributed by atoms with van der Waals surface area (Å²) in [6.45, 7) is 3.31. The molecule has 27 heavy (non-hydrogen) atoms. The van der Waals surface area contributed by atoms with Crippen LogP contribution >= 0.6 is 11.3 Å². The van der Waals surface area contributed by atoms with Gasteiger partial charge in [-0.3, -0.25) is 10.1 Å². The maximum Gasteiger partial charge on any atom is 0.341 e. The zero-order valence-corrected chi connectivity index (χ0v) is 15.7. The van der Waals surface area contributed by atoms with Gasteiger partial charge in [-0.1, -0.05) is 42.5 Å². The molecule has 0 radical (unpaired) electrons. The summed E-state index contributed by atoms with van der Waals surface area (Å²) in [5, 5.41) is 4.97. The van der Waals surface area contributed by atoms with Gasteiger partial charge in [0.2, 0.25) is 0 Å². The van der Waals surface area contributed by atoms with Crippen molar-refractivity contribution in [2.24, 2.45) is 0 Å². The molecule has 7 heteroatoms. The van der Waals surface area contributed by atoms with Crippen LogP contribution in [0.2, 0.25) is 0 Å². The van der Waals surface area contributed by atoms with Crippen LogP contribution in [0.4, 0.5) is 10.8 Å². The topological polar surface area (TPSA) is 94.3 Å². The summed E-state index contributed by atoms with van der Waals surface area (Å²) in [4.78, 5) is 29.0. The van der Waals surface area contributed by atoms with Crippen LogP contribution in [0.1, 0.15) is 22.8 Å². The van der Waals surface area contributed by atoms with Crippen LogP contribution in [0.25, 0.3) is 11.3 Å². The molecule has 0 saturated carbocycles. The molecular weight excluding hydrogens is 362 g/mol. The van der Waals surface area contributed by atoms with E-state index in [0.29, 0.717) is 10.8 Å². The van der Waals surface area contributed by atoms with E-state index >= 15 is 0 Å². The van der Waals surface area contributed by atoms with E-state index in [1.807, 2.05) is 35.7 Å². The van der Waals surface area contributed by atoms with Crippen molar-refractivity contribution in [3.63, 3.8) is 0 Å². The molecule has 138 valence electrons. The van der Waals surface area contributed by atoms with Crippen molar-refractivity contribution in [3.8, 4) is 11.3 Å². The fraction of sp³-hybridized carbons (Fsp3) is 0.150. The molecule has 3 rings (SSSR count). The quantitative estimate of drug-likeness (QED) is 0.517. The number of rotatable bonds is 5. The number of amides is 1. The highest BCUT2D eigenvalue weighted by Crippen LogP contribution is 2.25. The van der Waals surface area contributed by atoms with Gasteiger partial charge in [0.05, 0.1) is 11.3 Å². The van der Waals surface area contributed by atoms with Gasteiger partial charge >= 0.3 is 5.97 Å². The van der Waals surface area contributed by atoms with Crippen molar-refractivity contribution in [3.05, 3.63) is 65.0 Å². The van der Waals surface area contributed by atoms with Gasteiger partial charge in [-0.05, 0) is 25.5 Å². The summed E-state index contributed by atoms with van der Waals surface area (Å²) in [6.07, 6.45) is -0.985. The molecule has 0 fully saturated rings. The van der Waals surface area contributed by atoms with Gasteiger partial charge < -0.3 is 10.5 Å². The second-order valence-corrected chi connectivity index (χ2v) is 6.83. The summed E-state index contributed by atoms with van der Waals surface area (Å²) < 4.78 is 5.24. The standard InChI is InChI=1S/C20H19N3O3S/c1-12-7-6-10-15(17(12)21)19(25)26-13(2)18(24)23-20-22-16(11-27-20)14-8-4-3-5-9-14/h3-11,13H,21H2,1-2H3,(H,22,23,24)/t13-/m0/s1. The van der Waals surface area contributed by atoms with Crippen molar-refractivity contribution >= 4 is 34.0 Å². The first-order valence-electron chi connectivity index (χ1n) is 8.33. The SMILES string of the molecule is Cc1cccc(C(=O)O[C@@H](C)C(=O)Nc2nc(-c3ccccc3)cs2)c1N. The minimum Gasteiger partial charge on any atom is -0.449 e. The molecule has 0 spiro atoms. The maximum atomic E-state index is 12.3. The molecule has 1 heterocycles. The minimum absolute atomic E-state index is 0.246. The molecule has 0 aliphatic rings. The summed E-state index contributed by atoms with van der Waals surface area (Å²) in [5.74, 6) is -1.09. The Kier molecular flexibility index (Phi) is 5.52. The Morgan fingerprint density at radius 2 is 1.89 bits per heavy atom. The second kappa shape index (κ2) is 8.01. The molecule has 0 aliphatic carbocycles. The largest absolute Gasteiger partial charge is 0.449 e. The van der Waals surface area contributed by atoms with Gasteiger partial charge in [0, 0.05) is 16.6 Å². The number of nitrogens with one attached hydrogen (secondary N) is 1. The number of esters is 1. The van der Waals surface area contributed by atoms with Crippen LogP contribution in [0.5, 0.6) is 0 Å². The molecule has 3 aromatic rings. The predicted molar refractivity (Wildman–Crippen MR) is 107 cm³/mol. The number of thiazole rings is 1. The highest BCUT2D eigenvalue weighted by molar-refractivity contribution is 7.14. The lowest BCUT2D eigenvalue weighted by molar-refractivity contribution is -0.123. The van der Waals surface area contributed by atoms with Crippen molar-refractivity contribution in [2.45, 2.75) is 20.0 Å². The molecule has 6 nitrogen and oxygen atoms in total. The highest BCUT2D eigenvalue weighted by Gasteiger charge is 2.21.